The number of likely N-dealkylation sites (tertiary alicyclic amines) is 2. The molecule has 3 aromatic rings. The quantitative estimate of drug-likeness (QED) is 0.254. The molecule has 2 aliphatic rings. The number of hydrogen-bond acceptors (Lipinski definition) is 6. The SMILES string of the molecule is Cc1ccc(NC2CN(CP(=O)(O)O)C2)cc1C(=O)N[C@H](C)c1cccc(-c2ccc(CN3CCCC3)s2)c1. The molecule has 3 heterocycles. The van der Waals surface area contributed by atoms with Gasteiger partial charge in [0.1, 0.15) is 6.29 Å². The van der Waals surface area contributed by atoms with E-state index in [1.165, 1.54) is 41.2 Å². The molecule has 0 radical (unpaired) electrons. The lowest BCUT2D eigenvalue weighted by Gasteiger charge is -2.40. The highest BCUT2D eigenvalue weighted by atomic mass is 32.1. The summed E-state index contributed by atoms with van der Waals surface area (Å²) < 4.78 is 11.2. The van der Waals surface area contributed by atoms with E-state index in [2.05, 4.69) is 51.9 Å². The Hall–Kier alpha value is -2.52. The minimum atomic E-state index is -4.04. The number of rotatable bonds is 10. The molecule has 1 aromatic heterocycles. The highest BCUT2D eigenvalue weighted by Crippen LogP contribution is 2.37. The Balaban J connectivity index is 1.20. The van der Waals surface area contributed by atoms with Gasteiger partial charge in [0, 0.05) is 40.6 Å². The fraction of sp³-hybridized carbons (Fsp3) is 0.414. The van der Waals surface area contributed by atoms with Gasteiger partial charge in [-0.1, -0.05) is 24.3 Å². The first-order valence-electron chi connectivity index (χ1n) is 13.5. The van der Waals surface area contributed by atoms with Crippen LogP contribution in [0.1, 0.15) is 52.2 Å². The zero-order chi connectivity index (χ0) is 27.6. The van der Waals surface area contributed by atoms with Crippen molar-refractivity contribution in [1.29, 1.82) is 0 Å². The van der Waals surface area contributed by atoms with Crippen LogP contribution in [0.25, 0.3) is 10.4 Å². The van der Waals surface area contributed by atoms with Gasteiger partial charge in [0.05, 0.1) is 12.1 Å². The Morgan fingerprint density at radius 3 is 2.59 bits per heavy atom. The number of amides is 1. The lowest BCUT2D eigenvalue weighted by molar-refractivity contribution is 0.0939. The van der Waals surface area contributed by atoms with Gasteiger partial charge in [0.15, 0.2) is 0 Å². The number of anilines is 1. The Morgan fingerprint density at radius 2 is 1.85 bits per heavy atom. The molecule has 2 aliphatic heterocycles. The third-order valence-electron chi connectivity index (χ3n) is 7.45. The van der Waals surface area contributed by atoms with E-state index in [1.807, 2.05) is 43.4 Å². The summed E-state index contributed by atoms with van der Waals surface area (Å²) in [6.07, 6.45) is 2.37. The summed E-state index contributed by atoms with van der Waals surface area (Å²) >= 11 is 1.84. The molecule has 2 aromatic carbocycles. The maximum absolute atomic E-state index is 13.3. The smallest absolute Gasteiger partial charge is 0.339 e. The second-order valence-electron chi connectivity index (χ2n) is 10.8. The first-order chi connectivity index (χ1) is 18.6. The molecule has 1 amide bonds. The van der Waals surface area contributed by atoms with Gasteiger partial charge < -0.3 is 20.4 Å². The van der Waals surface area contributed by atoms with Gasteiger partial charge >= 0.3 is 7.60 Å². The number of thiophene rings is 1. The van der Waals surface area contributed by atoms with Crippen molar-refractivity contribution in [1.82, 2.24) is 15.1 Å². The third-order valence-corrected chi connectivity index (χ3v) is 9.34. The summed E-state index contributed by atoms with van der Waals surface area (Å²) in [7, 11) is -4.04. The van der Waals surface area contributed by atoms with Crippen LogP contribution < -0.4 is 10.6 Å². The van der Waals surface area contributed by atoms with Crippen molar-refractivity contribution in [2.45, 2.75) is 45.3 Å². The van der Waals surface area contributed by atoms with Crippen molar-refractivity contribution in [2.75, 3.05) is 37.8 Å². The van der Waals surface area contributed by atoms with E-state index in [0.29, 0.717) is 18.7 Å². The summed E-state index contributed by atoms with van der Waals surface area (Å²) in [6, 6.07) is 18.5. The number of hydrogen-bond donors (Lipinski definition) is 4. The average Bonchev–Trinajstić information content (AvgIpc) is 3.56. The van der Waals surface area contributed by atoms with Gasteiger partial charge in [-0.15, -0.1) is 11.3 Å². The largest absolute Gasteiger partial charge is 0.380 e. The Labute approximate surface area is 234 Å². The van der Waals surface area contributed by atoms with Gasteiger partial charge in [-0.2, -0.15) is 0 Å². The van der Waals surface area contributed by atoms with Crippen molar-refractivity contribution in [2.24, 2.45) is 0 Å². The lowest BCUT2D eigenvalue weighted by Crippen LogP contribution is -2.54. The first-order valence-corrected chi connectivity index (χ1v) is 16.1. The van der Waals surface area contributed by atoms with Gasteiger partial charge in [-0.3, -0.25) is 19.2 Å². The van der Waals surface area contributed by atoms with Crippen LogP contribution in [0.3, 0.4) is 0 Å². The maximum atomic E-state index is 13.3. The number of aryl methyl sites for hydroxylation is 1. The Morgan fingerprint density at radius 1 is 1.08 bits per heavy atom. The molecule has 10 heteroatoms. The Bertz CT molecular complexity index is 1360. The second-order valence-corrected chi connectivity index (χ2v) is 13.6. The minimum Gasteiger partial charge on any atom is -0.380 e. The van der Waals surface area contributed by atoms with E-state index in [9.17, 15) is 9.36 Å². The molecule has 4 N–H and O–H groups in total. The predicted molar refractivity (Wildman–Crippen MR) is 157 cm³/mol. The highest BCUT2D eigenvalue weighted by molar-refractivity contribution is 7.51. The van der Waals surface area contributed by atoms with Gasteiger partial charge in [-0.05, 0) is 86.8 Å². The number of benzene rings is 2. The summed E-state index contributed by atoms with van der Waals surface area (Å²) in [5, 5.41) is 6.54. The van der Waals surface area contributed by atoms with E-state index in [-0.39, 0.29) is 24.3 Å². The molecule has 0 spiro atoms. The lowest BCUT2D eigenvalue weighted by atomic mass is 10.0. The summed E-state index contributed by atoms with van der Waals surface area (Å²) in [5.74, 6) is -0.130. The summed E-state index contributed by atoms with van der Waals surface area (Å²) in [6.45, 7) is 8.44. The molecule has 0 unspecified atom stereocenters. The first kappa shape index (κ1) is 28.0. The topological polar surface area (TPSA) is 105 Å². The van der Waals surface area contributed by atoms with E-state index < -0.39 is 7.60 Å². The highest BCUT2D eigenvalue weighted by Gasteiger charge is 2.31. The zero-order valence-electron chi connectivity index (χ0n) is 22.5. The monoisotopic (exact) mass is 568 g/mol. The molecule has 2 saturated heterocycles. The van der Waals surface area contributed by atoms with E-state index in [4.69, 9.17) is 9.79 Å². The van der Waals surface area contributed by atoms with Gasteiger partial charge in [-0.25, -0.2) is 0 Å². The maximum Gasteiger partial charge on any atom is 0.339 e. The summed E-state index contributed by atoms with van der Waals surface area (Å²) in [4.78, 5) is 38.4. The molecule has 0 aliphatic carbocycles. The van der Waals surface area contributed by atoms with Crippen molar-refractivity contribution in [3.05, 3.63) is 76.2 Å². The Kier molecular flexibility index (Phi) is 8.57. The fourth-order valence-electron chi connectivity index (χ4n) is 5.33. The van der Waals surface area contributed by atoms with E-state index >= 15 is 0 Å². The molecule has 39 heavy (non-hydrogen) atoms. The van der Waals surface area contributed by atoms with E-state index in [0.717, 1.165) is 23.4 Å². The average molecular weight is 569 g/mol. The van der Waals surface area contributed by atoms with Crippen molar-refractivity contribution < 1.29 is 19.1 Å². The number of carbonyl (C=O) groups is 1. The number of carbonyl (C=O) groups excluding carboxylic acids is 1. The standard InChI is InChI=1S/C29H37N4O4PS/c1-20-8-9-24(31-25-16-33(17-25)19-38(35,36)37)15-27(20)29(34)30-21(2)22-6-5-7-23(14-22)28-11-10-26(39-28)18-32-12-3-4-13-32/h5-11,14-15,21,25,31H,3-4,12-13,16-19H2,1-2H3,(H,30,34)(H2,35,36,37)/t21-/m1/s1. The molecule has 5 rings (SSSR count). The fourth-order valence-corrected chi connectivity index (χ4v) is 7.13. The molecule has 1 atom stereocenters. The van der Waals surface area contributed by atoms with Crippen LogP contribution >= 0.6 is 18.9 Å². The van der Waals surface area contributed by atoms with Crippen LogP contribution in [0.4, 0.5) is 5.69 Å². The number of nitrogens with one attached hydrogen (secondary N) is 2. The van der Waals surface area contributed by atoms with Crippen LogP contribution in [-0.2, 0) is 11.1 Å². The zero-order valence-corrected chi connectivity index (χ0v) is 24.2. The van der Waals surface area contributed by atoms with Crippen LogP contribution in [0.2, 0.25) is 0 Å². The van der Waals surface area contributed by atoms with Crippen LogP contribution in [-0.4, -0.2) is 64.0 Å². The molecule has 8 nitrogen and oxygen atoms in total. The number of nitrogens with zero attached hydrogens (tertiary/aromatic N) is 2. The second kappa shape index (κ2) is 11.9. The molecule has 208 valence electrons. The normalized spacial score (nSPS) is 17.6. The van der Waals surface area contributed by atoms with Crippen molar-refractivity contribution in [3.8, 4) is 10.4 Å². The van der Waals surface area contributed by atoms with Crippen LogP contribution in [0.5, 0.6) is 0 Å². The van der Waals surface area contributed by atoms with Gasteiger partial charge in [0.2, 0.25) is 0 Å². The summed E-state index contributed by atoms with van der Waals surface area (Å²) in [5.41, 5.74) is 4.55. The van der Waals surface area contributed by atoms with Crippen LogP contribution in [0, 0.1) is 6.92 Å². The molecule has 2 fully saturated rings. The molecule has 0 bridgehead atoms. The molecular formula is C29H37N4O4PS. The molecular weight excluding hydrogens is 531 g/mol. The minimum absolute atomic E-state index is 0.0879. The molecule has 0 saturated carbocycles. The predicted octanol–water partition coefficient (Wildman–Crippen LogP) is 5.04. The van der Waals surface area contributed by atoms with Crippen LogP contribution in [0.15, 0.2) is 54.6 Å². The van der Waals surface area contributed by atoms with Crippen molar-refractivity contribution >= 4 is 30.5 Å². The third kappa shape index (κ3) is 7.37. The van der Waals surface area contributed by atoms with E-state index in [1.54, 1.807) is 4.90 Å². The van der Waals surface area contributed by atoms with Crippen molar-refractivity contribution in [3.63, 3.8) is 0 Å². The van der Waals surface area contributed by atoms with Gasteiger partial charge in [0.25, 0.3) is 5.91 Å².